The molecule has 19 heavy (non-hydrogen) atoms. The molecule has 0 saturated carbocycles. The Hall–Kier alpha value is -1.27. The molecule has 0 saturated heterocycles. The summed E-state index contributed by atoms with van der Waals surface area (Å²) in [5, 5.41) is 2.70. The Kier molecular flexibility index (Phi) is 4.31. The zero-order chi connectivity index (χ0) is 14.0. The summed E-state index contributed by atoms with van der Waals surface area (Å²) < 4.78 is 14.4. The van der Waals surface area contributed by atoms with E-state index >= 15 is 0 Å². The molecule has 0 atom stereocenters. The van der Waals surface area contributed by atoms with Crippen LogP contribution in [0.25, 0.3) is 0 Å². The minimum atomic E-state index is -0.364. The second-order valence-corrected chi connectivity index (χ2v) is 5.67. The predicted octanol–water partition coefficient (Wildman–Crippen LogP) is 4.31. The fourth-order valence-corrected chi connectivity index (χ4v) is 2.06. The van der Waals surface area contributed by atoms with E-state index in [2.05, 4.69) is 42.2 Å². The summed E-state index contributed by atoms with van der Waals surface area (Å²) in [6.07, 6.45) is 1.54. The van der Waals surface area contributed by atoms with Gasteiger partial charge in [0.2, 0.25) is 0 Å². The minimum absolute atomic E-state index is 0.294. The molecule has 0 bridgehead atoms. The van der Waals surface area contributed by atoms with Crippen LogP contribution in [0.15, 0.2) is 39.4 Å². The monoisotopic (exact) mass is 386 g/mol. The van der Waals surface area contributed by atoms with E-state index in [1.807, 2.05) is 0 Å². The van der Waals surface area contributed by atoms with Crippen LogP contribution in [-0.4, -0.2) is 10.9 Å². The van der Waals surface area contributed by atoms with Crippen LogP contribution < -0.4 is 5.32 Å². The molecule has 0 unspecified atom stereocenters. The fourth-order valence-electron chi connectivity index (χ4n) is 1.48. The molecule has 0 aliphatic rings. The molecule has 1 aromatic carbocycles. The topological polar surface area (TPSA) is 42.0 Å². The SMILES string of the molecule is Cc1cc(F)c(Br)cc1NC(=O)c1ccc(Br)cn1. The van der Waals surface area contributed by atoms with Crippen LogP contribution in [-0.2, 0) is 0 Å². The second kappa shape index (κ2) is 5.79. The molecular weight excluding hydrogens is 379 g/mol. The largest absolute Gasteiger partial charge is 0.320 e. The first-order chi connectivity index (χ1) is 8.97. The number of hydrogen-bond donors (Lipinski definition) is 1. The number of nitrogens with zero attached hydrogens (tertiary/aromatic N) is 1. The van der Waals surface area contributed by atoms with Gasteiger partial charge in [0, 0.05) is 16.4 Å². The van der Waals surface area contributed by atoms with Crippen LogP contribution in [0, 0.1) is 12.7 Å². The van der Waals surface area contributed by atoms with E-state index in [4.69, 9.17) is 0 Å². The van der Waals surface area contributed by atoms with Crippen LogP contribution in [0.3, 0.4) is 0 Å². The number of aromatic nitrogens is 1. The number of anilines is 1. The molecule has 98 valence electrons. The molecule has 0 radical (unpaired) electrons. The summed E-state index contributed by atoms with van der Waals surface area (Å²) in [6.45, 7) is 1.72. The van der Waals surface area contributed by atoms with Gasteiger partial charge in [-0.1, -0.05) is 0 Å². The van der Waals surface area contributed by atoms with E-state index in [9.17, 15) is 9.18 Å². The number of carbonyl (C=O) groups is 1. The normalized spacial score (nSPS) is 10.3. The molecule has 1 heterocycles. The first-order valence-electron chi connectivity index (χ1n) is 5.36. The Balaban J connectivity index is 2.24. The Labute approximate surface area is 126 Å². The number of carbonyl (C=O) groups excluding carboxylic acids is 1. The number of hydrogen-bond acceptors (Lipinski definition) is 2. The van der Waals surface area contributed by atoms with Crippen LogP contribution in [0.4, 0.5) is 10.1 Å². The Morgan fingerprint density at radius 1 is 1.32 bits per heavy atom. The van der Waals surface area contributed by atoms with Crippen molar-refractivity contribution in [2.24, 2.45) is 0 Å². The summed E-state index contributed by atoms with van der Waals surface area (Å²) in [5.41, 5.74) is 1.48. The highest BCUT2D eigenvalue weighted by atomic mass is 79.9. The number of benzene rings is 1. The molecular formula is C13H9Br2FN2O. The fraction of sp³-hybridized carbons (Fsp3) is 0.0769. The first kappa shape index (κ1) is 14.1. The zero-order valence-corrected chi connectivity index (χ0v) is 13.0. The molecule has 1 aromatic heterocycles. The maximum Gasteiger partial charge on any atom is 0.274 e. The van der Waals surface area contributed by atoms with Gasteiger partial charge in [-0.3, -0.25) is 4.79 Å². The standard InChI is InChI=1S/C13H9Br2FN2O/c1-7-4-10(16)9(15)5-12(7)18-13(19)11-3-2-8(14)6-17-11/h2-6H,1H3,(H,18,19). The van der Waals surface area contributed by atoms with E-state index in [-0.39, 0.29) is 11.7 Å². The van der Waals surface area contributed by atoms with E-state index in [1.165, 1.54) is 12.1 Å². The number of aryl methyl sites for hydroxylation is 1. The summed E-state index contributed by atoms with van der Waals surface area (Å²) in [5.74, 6) is -0.702. The highest BCUT2D eigenvalue weighted by molar-refractivity contribution is 9.10. The van der Waals surface area contributed by atoms with Crippen molar-refractivity contribution in [1.82, 2.24) is 4.98 Å². The van der Waals surface area contributed by atoms with Gasteiger partial charge in [0.1, 0.15) is 11.5 Å². The molecule has 0 fully saturated rings. The van der Waals surface area contributed by atoms with E-state index < -0.39 is 0 Å². The van der Waals surface area contributed by atoms with Crippen molar-refractivity contribution in [3.05, 3.63) is 56.5 Å². The Bertz CT molecular complexity index is 629. The molecule has 1 amide bonds. The Morgan fingerprint density at radius 2 is 2.05 bits per heavy atom. The second-order valence-electron chi connectivity index (χ2n) is 3.90. The maximum atomic E-state index is 13.3. The minimum Gasteiger partial charge on any atom is -0.320 e. The molecule has 0 spiro atoms. The van der Waals surface area contributed by atoms with E-state index in [1.54, 1.807) is 25.3 Å². The number of amides is 1. The highest BCUT2D eigenvalue weighted by Gasteiger charge is 2.11. The molecule has 2 rings (SSSR count). The number of rotatable bonds is 2. The average Bonchev–Trinajstić information content (AvgIpc) is 2.36. The molecule has 0 aliphatic heterocycles. The van der Waals surface area contributed by atoms with E-state index in [0.717, 1.165) is 4.47 Å². The van der Waals surface area contributed by atoms with Crippen molar-refractivity contribution in [2.75, 3.05) is 5.32 Å². The summed E-state index contributed by atoms with van der Waals surface area (Å²) >= 11 is 6.34. The highest BCUT2D eigenvalue weighted by Crippen LogP contribution is 2.24. The van der Waals surface area contributed by atoms with Gasteiger partial charge >= 0.3 is 0 Å². The van der Waals surface area contributed by atoms with Crippen molar-refractivity contribution < 1.29 is 9.18 Å². The molecule has 6 heteroatoms. The quantitative estimate of drug-likeness (QED) is 0.834. The summed E-state index contributed by atoms with van der Waals surface area (Å²) in [4.78, 5) is 16.0. The van der Waals surface area contributed by atoms with Gasteiger partial charge in [-0.05, 0) is 68.6 Å². The maximum absolute atomic E-state index is 13.3. The van der Waals surface area contributed by atoms with Gasteiger partial charge in [-0.15, -0.1) is 0 Å². The lowest BCUT2D eigenvalue weighted by Crippen LogP contribution is -2.14. The van der Waals surface area contributed by atoms with Crippen molar-refractivity contribution in [3.63, 3.8) is 0 Å². The van der Waals surface area contributed by atoms with Crippen molar-refractivity contribution in [1.29, 1.82) is 0 Å². The van der Waals surface area contributed by atoms with E-state index in [0.29, 0.717) is 21.4 Å². The molecule has 1 N–H and O–H groups in total. The summed E-state index contributed by atoms with van der Waals surface area (Å²) in [7, 11) is 0. The smallest absolute Gasteiger partial charge is 0.274 e. The van der Waals surface area contributed by atoms with Crippen LogP contribution >= 0.6 is 31.9 Å². The van der Waals surface area contributed by atoms with Gasteiger partial charge in [-0.25, -0.2) is 9.37 Å². The lowest BCUT2D eigenvalue weighted by atomic mass is 10.2. The van der Waals surface area contributed by atoms with Crippen LogP contribution in [0.2, 0.25) is 0 Å². The van der Waals surface area contributed by atoms with Crippen molar-refractivity contribution in [2.45, 2.75) is 6.92 Å². The number of nitrogens with one attached hydrogen (secondary N) is 1. The lowest BCUT2D eigenvalue weighted by molar-refractivity contribution is 0.102. The third-order valence-electron chi connectivity index (χ3n) is 2.48. The zero-order valence-electron chi connectivity index (χ0n) is 9.88. The first-order valence-corrected chi connectivity index (χ1v) is 6.94. The van der Waals surface area contributed by atoms with Gasteiger partial charge in [-0.2, -0.15) is 0 Å². The summed E-state index contributed by atoms with van der Waals surface area (Å²) in [6, 6.07) is 6.22. The lowest BCUT2D eigenvalue weighted by Gasteiger charge is -2.09. The van der Waals surface area contributed by atoms with Crippen molar-refractivity contribution >= 4 is 43.5 Å². The predicted molar refractivity (Wildman–Crippen MR) is 78.7 cm³/mol. The average molecular weight is 388 g/mol. The Morgan fingerprint density at radius 3 is 2.68 bits per heavy atom. The number of halogens is 3. The van der Waals surface area contributed by atoms with Gasteiger partial charge in [0.25, 0.3) is 5.91 Å². The third-order valence-corrected chi connectivity index (χ3v) is 3.55. The van der Waals surface area contributed by atoms with Crippen molar-refractivity contribution in [3.8, 4) is 0 Å². The van der Waals surface area contributed by atoms with Gasteiger partial charge in [0.15, 0.2) is 0 Å². The molecule has 2 aromatic rings. The number of pyridine rings is 1. The van der Waals surface area contributed by atoms with Crippen LogP contribution in [0.1, 0.15) is 16.1 Å². The third kappa shape index (κ3) is 3.39. The van der Waals surface area contributed by atoms with Gasteiger partial charge < -0.3 is 5.32 Å². The van der Waals surface area contributed by atoms with Gasteiger partial charge in [0.05, 0.1) is 4.47 Å². The van der Waals surface area contributed by atoms with Crippen LogP contribution in [0.5, 0.6) is 0 Å². The molecule has 0 aliphatic carbocycles. The molecule has 3 nitrogen and oxygen atoms in total.